The average molecular weight is 320 g/mol. The van der Waals surface area contributed by atoms with Gasteiger partial charge in [-0.1, -0.05) is 0 Å². The largest absolute Gasteiger partial charge is 0.493 e. The monoisotopic (exact) mass is 320 g/mol. The van der Waals surface area contributed by atoms with Crippen molar-refractivity contribution < 1.29 is 28.2 Å². The standard InChI is InChI=1S/C16H16O7/c1-4-20-12(17)5-9-8(2)13-10(23-16(9)18)6-11(19-3)14-15(13)22-7-21-14/h6H,4-5,7H2,1-3H3. The molecule has 2 heterocycles. The molecular weight excluding hydrogens is 304 g/mol. The number of methoxy groups -OCH3 is 1. The Morgan fingerprint density at radius 1 is 1.30 bits per heavy atom. The molecule has 0 bridgehead atoms. The lowest BCUT2D eigenvalue weighted by molar-refractivity contribution is -0.142. The molecule has 1 aliphatic heterocycles. The van der Waals surface area contributed by atoms with Crippen molar-refractivity contribution in [2.45, 2.75) is 20.3 Å². The van der Waals surface area contributed by atoms with Crippen LogP contribution in [0.1, 0.15) is 18.1 Å². The van der Waals surface area contributed by atoms with Gasteiger partial charge in [-0.05, 0) is 19.4 Å². The summed E-state index contributed by atoms with van der Waals surface area (Å²) in [4.78, 5) is 23.9. The lowest BCUT2D eigenvalue weighted by Crippen LogP contribution is -2.17. The van der Waals surface area contributed by atoms with Crippen LogP contribution >= 0.6 is 0 Å². The minimum absolute atomic E-state index is 0.0522. The van der Waals surface area contributed by atoms with Crippen molar-refractivity contribution in [2.75, 3.05) is 20.5 Å². The van der Waals surface area contributed by atoms with E-state index in [4.69, 9.17) is 23.4 Å². The maximum atomic E-state index is 12.2. The molecule has 0 spiro atoms. The van der Waals surface area contributed by atoms with Gasteiger partial charge in [-0.2, -0.15) is 0 Å². The highest BCUT2D eigenvalue weighted by atomic mass is 16.7. The van der Waals surface area contributed by atoms with Crippen molar-refractivity contribution in [1.82, 2.24) is 0 Å². The third kappa shape index (κ3) is 2.48. The maximum Gasteiger partial charge on any atom is 0.340 e. The first-order valence-corrected chi connectivity index (χ1v) is 7.15. The van der Waals surface area contributed by atoms with E-state index in [0.29, 0.717) is 33.8 Å². The van der Waals surface area contributed by atoms with Crippen LogP contribution < -0.4 is 19.8 Å². The van der Waals surface area contributed by atoms with Crippen molar-refractivity contribution in [3.05, 3.63) is 27.6 Å². The number of carbonyl (C=O) groups is 1. The second kappa shape index (κ2) is 5.83. The first kappa shape index (κ1) is 15.2. The predicted molar refractivity (Wildman–Crippen MR) is 80.2 cm³/mol. The topological polar surface area (TPSA) is 84.2 Å². The van der Waals surface area contributed by atoms with Gasteiger partial charge in [-0.3, -0.25) is 4.79 Å². The Morgan fingerprint density at radius 3 is 2.74 bits per heavy atom. The minimum Gasteiger partial charge on any atom is -0.493 e. The molecule has 0 atom stereocenters. The van der Waals surface area contributed by atoms with E-state index in [1.54, 1.807) is 19.9 Å². The highest BCUT2D eigenvalue weighted by Gasteiger charge is 2.27. The SMILES string of the molecule is CCOC(=O)Cc1c(C)c2c3c(c(OC)cc2oc1=O)OCO3. The summed E-state index contributed by atoms with van der Waals surface area (Å²) in [5, 5.41) is 0.595. The van der Waals surface area contributed by atoms with Crippen LogP contribution in [0.4, 0.5) is 0 Å². The second-order valence-electron chi connectivity index (χ2n) is 4.99. The summed E-state index contributed by atoms with van der Waals surface area (Å²) in [6.45, 7) is 3.75. The molecule has 0 unspecified atom stereocenters. The van der Waals surface area contributed by atoms with Crippen molar-refractivity contribution in [1.29, 1.82) is 0 Å². The quantitative estimate of drug-likeness (QED) is 0.628. The summed E-state index contributed by atoms with van der Waals surface area (Å²) in [5.74, 6) is 0.847. The molecule has 23 heavy (non-hydrogen) atoms. The molecule has 122 valence electrons. The smallest absolute Gasteiger partial charge is 0.340 e. The second-order valence-corrected chi connectivity index (χ2v) is 4.99. The van der Waals surface area contributed by atoms with Crippen LogP contribution in [0.25, 0.3) is 11.0 Å². The van der Waals surface area contributed by atoms with Crippen LogP contribution in [0.15, 0.2) is 15.3 Å². The zero-order chi connectivity index (χ0) is 16.6. The summed E-state index contributed by atoms with van der Waals surface area (Å²) in [7, 11) is 1.49. The number of fused-ring (bicyclic) bond motifs is 3. The molecule has 2 aromatic rings. The fourth-order valence-electron chi connectivity index (χ4n) is 2.63. The third-order valence-corrected chi connectivity index (χ3v) is 3.70. The number of hydrogen-bond donors (Lipinski definition) is 0. The average Bonchev–Trinajstić information content (AvgIpc) is 2.99. The summed E-state index contributed by atoms with van der Waals surface area (Å²) in [5.41, 5.74) is 0.595. The Labute approximate surface area is 131 Å². The number of esters is 1. The Bertz CT molecular complexity index is 835. The molecule has 0 aliphatic carbocycles. The molecule has 0 saturated heterocycles. The van der Waals surface area contributed by atoms with E-state index in [2.05, 4.69) is 0 Å². The molecular formula is C16H16O7. The molecule has 7 heteroatoms. The molecule has 1 aromatic heterocycles. The van der Waals surface area contributed by atoms with E-state index in [-0.39, 0.29) is 25.4 Å². The lowest BCUT2D eigenvalue weighted by atomic mass is 10.0. The zero-order valence-electron chi connectivity index (χ0n) is 13.1. The molecule has 7 nitrogen and oxygen atoms in total. The number of rotatable bonds is 4. The van der Waals surface area contributed by atoms with Gasteiger partial charge >= 0.3 is 11.6 Å². The number of aryl methyl sites for hydroxylation is 1. The first-order valence-electron chi connectivity index (χ1n) is 7.15. The summed E-state index contributed by atoms with van der Waals surface area (Å²) in [6, 6.07) is 1.57. The lowest BCUT2D eigenvalue weighted by Gasteiger charge is -2.11. The molecule has 0 fully saturated rings. The summed E-state index contributed by atoms with van der Waals surface area (Å²) >= 11 is 0. The van der Waals surface area contributed by atoms with Crippen LogP contribution in [0, 0.1) is 6.92 Å². The molecule has 3 rings (SSSR count). The molecule has 0 N–H and O–H groups in total. The van der Waals surface area contributed by atoms with E-state index in [9.17, 15) is 9.59 Å². The highest BCUT2D eigenvalue weighted by molar-refractivity contribution is 5.93. The van der Waals surface area contributed by atoms with Gasteiger partial charge < -0.3 is 23.4 Å². The van der Waals surface area contributed by atoms with Gasteiger partial charge in [-0.25, -0.2) is 4.79 Å². The molecule has 0 amide bonds. The molecule has 1 aromatic carbocycles. The Balaban J connectivity index is 2.22. The first-order chi connectivity index (χ1) is 11.1. The maximum absolute atomic E-state index is 12.2. The van der Waals surface area contributed by atoms with Crippen LogP contribution in [-0.4, -0.2) is 26.5 Å². The minimum atomic E-state index is -0.580. The number of benzene rings is 1. The van der Waals surface area contributed by atoms with Crippen molar-refractivity contribution in [3.63, 3.8) is 0 Å². The van der Waals surface area contributed by atoms with Gasteiger partial charge in [0.25, 0.3) is 0 Å². The Morgan fingerprint density at radius 2 is 2.04 bits per heavy atom. The number of carbonyl (C=O) groups excluding carboxylic acids is 1. The van der Waals surface area contributed by atoms with Crippen LogP contribution in [0.5, 0.6) is 17.2 Å². The fourth-order valence-corrected chi connectivity index (χ4v) is 2.63. The highest BCUT2D eigenvalue weighted by Crippen LogP contribution is 2.47. The van der Waals surface area contributed by atoms with Gasteiger partial charge in [0.05, 0.1) is 31.1 Å². The van der Waals surface area contributed by atoms with Gasteiger partial charge in [-0.15, -0.1) is 0 Å². The van der Waals surface area contributed by atoms with Gasteiger partial charge in [0.15, 0.2) is 11.5 Å². The molecule has 0 saturated carbocycles. The van der Waals surface area contributed by atoms with Gasteiger partial charge in [0.1, 0.15) is 5.58 Å². The fraction of sp³-hybridized carbons (Fsp3) is 0.375. The predicted octanol–water partition coefficient (Wildman–Crippen LogP) is 1.94. The summed E-state index contributed by atoms with van der Waals surface area (Å²) in [6.07, 6.45) is -0.153. The van der Waals surface area contributed by atoms with Crippen LogP contribution in [0.3, 0.4) is 0 Å². The van der Waals surface area contributed by atoms with E-state index in [0.717, 1.165) is 0 Å². The van der Waals surface area contributed by atoms with Crippen molar-refractivity contribution >= 4 is 16.9 Å². The molecule has 1 aliphatic rings. The third-order valence-electron chi connectivity index (χ3n) is 3.70. The summed E-state index contributed by atoms with van der Waals surface area (Å²) < 4.78 is 26.4. The van der Waals surface area contributed by atoms with E-state index in [1.165, 1.54) is 7.11 Å². The number of hydrogen-bond acceptors (Lipinski definition) is 7. The Hall–Kier alpha value is -2.70. The normalized spacial score (nSPS) is 12.5. The van der Waals surface area contributed by atoms with Crippen LogP contribution in [0.2, 0.25) is 0 Å². The van der Waals surface area contributed by atoms with Gasteiger partial charge in [0.2, 0.25) is 12.5 Å². The van der Waals surface area contributed by atoms with Crippen LogP contribution in [-0.2, 0) is 16.0 Å². The van der Waals surface area contributed by atoms with E-state index >= 15 is 0 Å². The van der Waals surface area contributed by atoms with Gasteiger partial charge in [0, 0.05) is 6.07 Å². The molecule has 0 radical (unpaired) electrons. The Kier molecular flexibility index (Phi) is 3.85. The number of ether oxygens (including phenoxy) is 4. The van der Waals surface area contributed by atoms with Crippen molar-refractivity contribution in [2.24, 2.45) is 0 Å². The van der Waals surface area contributed by atoms with E-state index in [1.807, 2.05) is 0 Å². The zero-order valence-corrected chi connectivity index (χ0v) is 13.1. The van der Waals surface area contributed by atoms with E-state index < -0.39 is 11.6 Å². The van der Waals surface area contributed by atoms with Crippen molar-refractivity contribution in [3.8, 4) is 17.2 Å².